The largest absolute Gasteiger partial charge is 0.455 e. The molecule has 0 aromatic carbocycles. The number of sulfonamides is 1. The molecule has 3 rings (SSSR count). The van der Waals surface area contributed by atoms with E-state index in [4.69, 9.17) is 9.47 Å². The zero-order valence-corrected chi connectivity index (χ0v) is 19.0. The molecule has 1 aromatic heterocycles. The van der Waals surface area contributed by atoms with E-state index in [0.29, 0.717) is 49.8 Å². The van der Waals surface area contributed by atoms with Gasteiger partial charge in [-0.15, -0.1) is 11.3 Å². The summed E-state index contributed by atoms with van der Waals surface area (Å²) < 4.78 is 36.9. The van der Waals surface area contributed by atoms with Crippen molar-refractivity contribution in [2.24, 2.45) is 5.92 Å². The number of esters is 1. The topological polar surface area (TPSA) is 114 Å². The van der Waals surface area contributed by atoms with E-state index in [1.807, 2.05) is 0 Å². The maximum Gasteiger partial charge on any atom is 0.409 e. The van der Waals surface area contributed by atoms with Gasteiger partial charge in [0.2, 0.25) is 0 Å². The SMILES string of the molecule is CCOC(=O)N1CCN(C(=O)COC(=O)C2CCN(S(=O)(=O)c3cccs3)CC2)CC1. The van der Waals surface area contributed by atoms with E-state index >= 15 is 0 Å². The lowest BCUT2D eigenvalue weighted by Gasteiger charge is -2.34. The molecule has 2 amide bonds. The molecule has 12 heteroatoms. The Morgan fingerprint density at radius 2 is 1.68 bits per heavy atom. The summed E-state index contributed by atoms with van der Waals surface area (Å²) in [5.74, 6) is -1.22. The zero-order chi connectivity index (χ0) is 22.4. The number of hydrogen-bond acceptors (Lipinski definition) is 8. The molecule has 2 saturated heterocycles. The molecule has 1 aromatic rings. The minimum Gasteiger partial charge on any atom is -0.455 e. The van der Waals surface area contributed by atoms with Crippen molar-refractivity contribution in [1.82, 2.24) is 14.1 Å². The van der Waals surface area contributed by atoms with Crippen molar-refractivity contribution in [3.63, 3.8) is 0 Å². The first-order valence-electron chi connectivity index (χ1n) is 10.2. The number of nitrogens with zero attached hydrogens (tertiary/aromatic N) is 3. The van der Waals surface area contributed by atoms with Crippen LogP contribution in [0.5, 0.6) is 0 Å². The average molecular weight is 474 g/mol. The molecule has 3 heterocycles. The van der Waals surface area contributed by atoms with Gasteiger partial charge in [-0.25, -0.2) is 13.2 Å². The molecule has 2 aliphatic heterocycles. The van der Waals surface area contributed by atoms with Gasteiger partial charge in [-0.3, -0.25) is 9.59 Å². The number of rotatable bonds is 6. The van der Waals surface area contributed by atoms with Gasteiger partial charge in [0.05, 0.1) is 12.5 Å². The van der Waals surface area contributed by atoms with Crippen LogP contribution in [0.2, 0.25) is 0 Å². The maximum atomic E-state index is 12.6. The predicted octanol–water partition coefficient (Wildman–Crippen LogP) is 0.993. The fourth-order valence-electron chi connectivity index (χ4n) is 3.56. The summed E-state index contributed by atoms with van der Waals surface area (Å²) in [6, 6.07) is 3.26. The van der Waals surface area contributed by atoms with Crippen molar-refractivity contribution in [2.75, 3.05) is 52.5 Å². The van der Waals surface area contributed by atoms with Gasteiger partial charge in [-0.1, -0.05) is 6.07 Å². The van der Waals surface area contributed by atoms with Crippen molar-refractivity contribution in [2.45, 2.75) is 24.0 Å². The van der Waals surface area contributed by atoms with Crippen LogP contribution < -0.4 is 0 Å². The Morgan fingerprint density at radius 1 is 1.03 bits per heavy atom. The van der Waals surface area contributed by atoms with Gasteiger partial charge in [0.15, 0.2) is 6.61 Å². The molecule has 2 fully saturated rings. The first-order valence-corrected chi connectivity index (χ1v) is 12.5. The van der Waals surface area contributed by atoms with E-state index in [0.717, 1.165) is 0 Å². The van der Waals surface area contributed by atoms with Crippen LogP contribution in [-0.2, 0) is 29.1 Å². The molecule has 31 heavy (non-hydrogen) atoms. The number of carbonyl (C=O) groups excluding carboxylic acids is 3. The number of piperidine rings is 1. The molecule has 0 N–H and O–H groups in total. The Labute approximate surface area is 185 Å². The van der Waals surface area contributed by atoms with E-state index in [-0.39, 0.29) is 25.6 Å². The van der Waals surface area contributed by atoms with Crippen molar-refractivity contribution in [1.29, 1.82) is 0 Å². The van der Waals surface area contributed by atoms with Crippen LogP contribution in [0, 0.1) is 5.92 Å². The van der Waals surface area contributed by atoms with Gasteiger partial charge in [0.1, 0.15) is 4.21 Å². The van der Waals surface area contributed by atoms with Gasteiger partial charge in [0, 0.05) is 39.3 Å². The van der Waals surface area contributed by atoms with Crippen molar-refractivity contribution in [3.8, 4) is 0 Å². The second-order valence-electron chi connectivity index (χ2n) is 7.28. The predicted molar refractivity (Wildman–Crippen MR) is 112 cm³/mol. The second-order valence-corrected chi connectivity index (χ2v) is 10.4. The van der Waals surface area contributed by atoms with E-state index in [1.54, 1.807) is 29.3 Å². The highest BCUT2D eigenvalue weighted by Gasteiger charge is 2.34. The van der Waals surface area contributed by atoms with Crippen LogP contribution in [0.3, 0.4) is 0 Å². The van der Waals surface area contributed by atoms with Crippen LogP contribution in [0.15, 0.2) is 21.7 Å². The normalized spacial score (nSPS) is 18.6. The molecular weight excluding hydrogens is 446 g/mol. The molecular formula is C19H27N3O7S2. The van der Waals surface area contributed by atoms with Gasteiger partial charge in [-0.2, -0.15) is 4.31 Å². The molecule has 172 valence electrons. The third kappa shape index (κ3) is 5.74. The number of piperazine rings is 1. The van der Waals surface area contributed by atoms with Crippen molar-refractivity contribution >= 4 is 39.3 Å². The lowest BCUT2D eigenvalue weighted by Crippen LogP contribution is -2.51. The number of thiophene rings is 1. The number of carbonyl (C=O) groups is 3. The quantitative estimate of drug-likeness (QED) is 0.566. The molecule has 0 atom stereocenters. The lowest BCUT2D eigenvalue weighted by atomic mass is 9.98. The Kier molecular flexibility index (Phi) is 7.89. The van der Waals surface area contributed by atoms with Crippen molar-refractivity contribution < 1.29 is 32.3 Å². The Balaban J connectivity index is 1.40. The highest BCUT2D eigenvalue weighted by molar-refractivity contribution is 7.91. The molecule has 0 saturated carbocycles. The Bertz CT molecular complexity index is 872. The fourth-order valence-corrected chi connectivity index (χ4v) is 6.18. The monoisotopic (exact) mass is 473 g/mol. The highest BCUT2D eigenvalue weighted by atomic mass is 32.2. The Morgan fingerprint density at radius 3 is 2.26 bits per heavy atom. The van der Waals surface area contributed by atoms with Gasteiger partial charge >= 0.3 is 12.1 Å². The summed E-state index contributed by atoms with van der Waals surface area (Å²) in [6.45, 7) is 3.61. The summed E-state index contributed by atoms with van der Waals surface area (Å²) in [5, 5.41) is 1.71. The van der Waals surface area contributed by atoms with Crippen molar-refractivity contribution in [3.05, 3.63) is 17.5 Å². The van der Waals surface area contributed by atoms with Crippen LogP contribution in [0.4, 0.5) is 4.79 Å². The Hall–Kier alpha value is -2.18. The molecule has 10 nitrogen and oxygen atoms in total. The fraction of sp³-hybridized carbons (Fsp3) is 0.632. The molecule has 2 aliphatic rings. The summed E-state index contributed by atoms with van der Waals surface area (Å²) in [7, 11) is -3.52. The van der Waals surface area contributed by atoms with E-state index in [9.17, 15) is 22.8 Å². The molecule has 0 radical (unpaired) electrons. The third-order valence-electron chi connectivity index (χ3n) is 5.37. The average Bonchev–Trinajstić information content (AvgIpc) is 3.33. The van der Waals surface area contributed by atoms with E-state index in [2.05, 4.69) is 0 Å². The second kappa shape index (κ2) is 10.4. The number of amides is 2. The summed E-state index contributed by atoms with van der Waals surface area (Å²) in [4.78, 5) is 39.5. The van der Waals surface area contributed by atoms with Crippen LogP contribution >= 0.6 is 11.3 Å². The standard InChI is InChI=1S/C19H27N3O7S2/c1-2-28-19(25)21-11-9-20(10-12-21)16(23)14-29-18(24)15-5-7-22(8-6-15)31(26,27)17-4-3-13-30-17/h3-4,13,15H,2,5-12,14H2,1H3. The molecule has 0 aliphatic carbocycles. The van der Waals surface area contributed by atoms with Gasteiger partial charge in [0.25, 0.3) is 15.9 Å². The number of hydrogen-bond donors (Lipinski definition) is 0. The minimum absolute atomic E-state index is 0.240. The summed E-state index contributed by atoms with van der Waals surface area (Å²) in [6.07, 6.45) is 0.319. The third-order valence-corrected chi connectivity index (χ3v) is 8.64. The van der Waals surface area contributed by atoms with Crippen LogP contribution in [-0.4, -0.2) is 93.0 Å². The maximum absolute atomic E-state index is 12.6. The first-order chi connectivity index (χ1) is 14.8. The van der Waals surface area contributed by atoms with Gasteiger partial charge in [-0.05, 0) is 31.2 Å². The summed E-state index contributed by atoms with van der Waals surface area (Å²) >= 11 is 1.17. The van der Waals surface area contributed by atoms with E-state index in [1.165, 1.54) is 20.5 Å². The van der Waals surface area contributed by atoms with Crippen LogP contribution in [0.1, 0.15) is 19.8 Å². The number of ether oxygens (including phenoxy) is 2. The minimum atomic E-state index is -3.52. The lowest BCUT2D eigenvalue weighted by molar-refractivity contribution is -0.157. The van der Waals surface area contributed by atoms with Gasteiger partial charge < -0.3 is 19.3 Å². The summed E-state index contributed by atoms with van der Waals surface area (Å²) in [5.41, 5.74) is 0. The molecule has 0 unspecified atom stereocenters. The molecule has 0 spiro atoms. The van der Waals surface area contributed by atoms with E-state index < -0.39 is 28.0 Å². The smallest absolute Gasteiger partial charge is 0.409 e. The van der Waals surface area contributed by atoms with Crippen LogP contribution in [0.25, 0.3) is 0 Å². The first kappa shape index (κ1) is 23.5. The zero-order valence-electron chi connectivity index (χ0n) is 17.4. The highest BCUT2D eigenvalue weighted by Crippen LogP contribution is 2.26. The molecule has 0 bridgehead atoms.